The van der Waals surface area contributed by atoms with Crippen molar-refractivity contribution in [2.45, 2.75) is 77.6 Å². The minimum atomic E-state index is 0.183. The topological polar surface area (TPSA) is 29.1 Å². The van der Waals surface area contributed by atoms with E-state index in [9.17, 15) is 4.79 Å². The lowest BCUT2D eigenvalue weighted by molar-refractivity contribution is -0.120. The average Bonchev–Trinajstić information content (AvgIpc) is 2.44. The molecule has 0 saturated heterocycles. The quantitative estimate of drug-likeness (QED) is 0.479. The highest BCUT2D eigenvalue weighted by molar-refractivity contribution is 5.77. The highest BCUT2D eigenvalue weighted by Gasteiger charge is 2.09. The number of hydrogen-bond donors (Lipinski definition) is 1. The fraction of sp³-hybridized carbons (Fsp3) is 0.824. The maximum atomic E-state index is 11.6. The van der Waals surface area contributed by atoms with Crippen LogP contribution in [-0.2, 0) is 4.79 Å². The first-order valence-electron chi connectivity index (χ1n) is 8.26. The largest absolute Gasteiger partial charge is 0.356 e. The van der Waals surface area contributed by atoms with E-state index in [1.807, 2.05) is 0 Å². The van der Waals surface area contributed by atoms with Gasteiger partial charge in [0.25, 0.3) is 0 Å². The summed E-state index contributed by atoms with van der Waals surface area (Å²) in [5.41, 5.74) is 0. The monoisotopic (exact) mass is 265 g/mol. The van der Waals surface area contributed by atoms with Gasteiger partial charge in [-0.3, -0.25) is 4.79 Å². The van der Waals surface area contributed by atoms with Crippen molar-refractivity contribution >= 4 is 5.91 Å². The minimum absolute atomic E-state index is 0.183. The first-order valence-corrected chi connectivity index (χ1v) is 8.26. The fourth-order valence-electron chi connectivity index (χ4n) is 2.72. The van der Waals surface area contributed by atoms with Gasteiger partial charge in [0.05, 0.1) is 0 Å². The Morgan fingerprint density at radius 1 is 1.11 bits per heavy atom. The molecule has 0 aromatic heterocycles. The summed E-state index contributed by atoms with van der Waals surface area (Å²) in [6.45, 7) is 3.07. The van der Waals surface area contributed by atoms with Crippen LogP contribution < -0.4 is 5.32 Å². The van der Waals surface area contributed by atoms with E-state index in [0.29, 0.717) is 6.42 Å². The van der Waals surface area contributed by atoms with Gasteiger partial charge in [-0.2, -0.15) is 0 Å². The molecule has 0 atom stereocenters. The molecule has 1 amide bonds. The molecule has 0 aromatic carbocycles. The van der Waals surface area contributed by atoms with E-state index in [1.165, 1.54) is 57.8 Å². The molecule has 0 spiro atoms. The molecule has 0 bridgehead atoms. The van der Waals surface area contributed by atoms with Gasteiger partial charge in [-0.25, -0.2) is 0 Å². The maximum Gasteiger partial charge on any atom is 0.223 e. The molecule has 1 aliphatic rings. The first kappa shape index (κ1) is 16.3. The third-order valence-electron chi connectivity index (χ3n) is 3.96. The number of amides is 1. The number of nitrogens with one attached hydrogen (secondary N) is 1. The minimum Gasteiger partial charge on any atom is -0.356 e. The zero-order chi connectivity index (χ0) is 13.8. The lowest BCUT2D eigenvalue weighted by Gasteiger charge is -2.17. The Bertz CT molecular complexity index is 254. The predicted molar refractivity (Wildman–Crippen MR) is 82.1 cm³/mol. The van der Waals surface area contributed by atoms with E-state index < -0.39 is 0 Å². The van der Waals surface area contributed by atoms with Crippen LogP contribution in [0.5, 0.6) is 0 Å². The second kappa shape index (κ2) is 11.1. The van der Waals surface area contributed by atoms with Gasteiger partial charge in [0.1, 0.15) is 0 Å². The molecule has 2 nitrogen and oxygen atoms in total. The molecule has 0 heterocycles. The summed E-state index contributed by atoms with van der Waals surface area (Å²) in [7, 11) is 0. The van der Waals surface area contributed by atoms with Gasteiger partial charge in [0.2, 0.25) is 5.91 Å². The molecule has 1 rings (SSSR count). The molecular formula is C17H31NO. The van der Waals surface area contributed by atoms with Crippen molar-refractivity contribution in [1.82, 2.24) is 5.32 Å². The second-order valence-corrected chi connectivity index (χ2v) is 5.79. The molecular weight excluding hydrogens is 234 g/mol. The van der Waals surface area contributed by atoms with Crippen molar-refractivity contribution in [2.75, 3.05) is 6.54 Å². The lowest BCUT2D eigenvalue weighted by Crippen LogP contribution is -2.23. The summed E-state index contributed by atoms with van der Waals surface area (Å²) in [5, 5.41) is 3.01. The summed E-state index contributed by atoms with van der Waals surface area (Å²) in [6, 6.07) is 0. The van der Waals surface area contributed by atoms with E-state index in [1.54, 1.807) is 0 Å². The van der Waals surface area contributed by atoms with Crippen LogP contribution in [0, 0.1) is 5.92 Å². The van der Waals surface area contributed by atoms with Gasteiger partial charge >= 0.3 is 0 Å². The molecule has 0 radical (unpaired) electrons. The van der Waals surface area contributed by atoms with Crippen LogP contribution in [0.2, 0.25) is 0 Å². The smallest absolute Gasteiger partial charge is 0.223 e. The van der Waals surface area contributed by atoms with Crippen molar-refractivity contribution in [3.05, 3.63) is 12.2 Å². The fourth-order valence-corrected chi connectivity index (χ4v) is 2.72. The van der Waals surface area contributed by atoms with Crippen molar-refractivity contribution in [1.29, 1.82) is 0 Å². The Balaban J connectivity index is 1.96. The third-order valence-corrected chi connectivity index (χ3v) is 3.96. The number of allylic oxidation sites excluding steroid dienone is 1. The molecule has 1 aliphatic carbocycles. The van der Waals surface area contributed by atoms with Crippen molar-refractivity contribution < 1.29 is 4.79 Å². The summed E-state index contributed by atoms with van der Waals surface area (Å²) < 4.78 is 0. The van der Waals surface area contributed by atoms with Gasteiger partial charge in [-0.1, -0.05) is 64.0 Å². The summed E-state index contributed by atoms with van der Waals surface area (Å²) in [6.07, 6.45) is 17.9. The normalized spacial score (nSPS) is 16.9. The van der Waals surface area contributed by atoms with Crippen molar-refractivity contribution in [3.8, 4) is 0 Å². The molecule has 110 valence electrons. The maximum absolute atomic E-state index is 11.6. The Hall–Kier alpha value is -0.790. The first-order chi connectivity index (χ1) is 9.33. The SMILES string of the molecule is CCCCCCCNC(=O)CC=CC1CCCCC1. The molecule has 1 saturated carbocycles. The number of carbonyl (C=O) groups excluding carboxylic acids is 1. The summed E-state index contributed by atoms with van der Waals surface area (Å²) in [4.78, 5) is 11.6. The molecule has 1 N–H and O–H groups in total. The van der Waals surface area contributed by atoms with E-state index in [4.69, 9.17) is 0 Å². The third kappa shape index (κ3) is 8.85. The summed E-state index contributed by atoms with van der Waals surface area (Å²) >= 11 is 0. The zero-order valence-corrected chi connectivity index (χ0v) is 12.6. The van der Waals surface area contributed by atoms with Gasteiger partial charge in [-0.15, -0.1) is 0 Å². The van der Waals surface area contributed by atoms with Crippen molar-refractivity contribution in [3.63, 3.8) is 0 Å². The Labute approximate surface area is 119 Å². The van der Waals surface area contributed by atoms with Crippen molar-refractivity contribution in [2.24, 2.45) is 5.92 Å². The van der Waals surface area contributed by atoms with E-state index in [0.717, 1.165) is 18.9 Å². The molecule has 0 aliphatic heterocycles. The van der Waals surface area contributed by atoms with Gasteiger partial charge < -0.3 is 5.32 Å². The van der Waals surface area contributed by atoms with Crippen LogP contribution in [0.3, 0.4) is 0 Å². The molecule has 1 fully saturated rings. The van der Waals surface area contributed by atoms with Crippen LogP contribution in [0.15, 0.2) is 12.2 Å². The van der Waals surface area contributed by atoms with Crippen LogP contribution >= 0.6 is 0 Å². The van der Waals surface area contributed by atoms with Crippen LogP contribution in [-0.4, -0.2) is 12.5 Å². The van der Waals surface area contributed by atoms with E-state index in [2.05, 4.69) is 24.4 Å². The Morgan fingerprint density at radius 3 is 2.58 bits per heavy atom. The van der Waals surface area contributed by atoms with E-state index in [-0.39, 0.29) is 5.91 Å². The number of hydrogen-bond acceptors (Lipinski definition) is 1. The van der Waals surface area contributed by atoms with Gasteiger partial charge in [0, 0.05) is 13.0 Å². The lowest BCUT2D eigenvalue weighted by atomic mass is 9.89. The van der Waals surface area contributed by atoms with Gasteiger partial charge in [0.15, 0.2) is 0 Å². The standard InChI is InChI=1S/C17H31NO/c1-2-3-4-5-9-15-18-17(19)14-10-13-16-11-7-6-8-12-16/h10,13,16H,2-9,11-12,14-15H2,1H3,(H,18,19). The van der Waals surface area contributed by atoms with Crippen LogP contribution in [0.25, 0.3) is 0 Å². The number of rotatable bonds is 9. The Morgan fingerprint density at radius 2 is 1.84 bits per heavy atom. The van der Waals surface area contributed by atoms with E-state index >= 15 is 0 Å². The Kier molecular flexibility index (Phi) is 9.48. The highest BCUT2D eigenvalue weighted by atomic mass is 16.1. The summed E-state index contributed by atoms with van der Waals surface area (Å²) in [5.74, 6) is 0.915. The molecule has 0 aromatic rings. The predicted octanol–water partition coefficient (Wildman–Crippen LogP) is 4.60. The van der Waals surface area contributed by atoms with Gasteiger partial charge in [-0.05, 0) is 25.2 Å². The second-order valence-electron chi connectivity index (χ2n) is 5.79. The zero-order valence-electron chi connectivity index (χ0n) is 12.6. The molecule has 2 heteroatoms. The van der Waals surface area contributed by atoms with Crippen LogP contribution in [0.4, 0.5) is 0 Å². The molecule has 19 heavy (non-hydrogen) atoms. The number of carbonyl (C=O) groups is 1. The molecule has 0 unspecified atom stereocenters. The number of unbranched alkanes of at least 4 members (excludes halogenated alkanes) is 4. The van der Waals surface area contributed by atoms with Crippen LogP contribution in [0.1, 0.15) is 77.6 Å². The highest BCUT2D eigenvalue weighted by Crippen LogP contribution is 2.24. The average molecular weight is 265 g/mol.